The molecule has 0 bridgehead atoms. The van der Waals surface area contributed by atoms with Gasteiger partial charge in [0.2, 0.25) is 5.91 Å². The van der Waals surface area contributed by atoms with Crippen LogP contribution in [0.3, 0.4) is 0 Å². The van der Waals surface area contributed by atoms with Crippen molar-refractivity contribution in [3.05, 3.63) is 87.3 Å². The highest BCUT2D eigenvalue weighted by Crippen LogP contribution is 2.40. The number of nitrogens with zero attached hydrogens (tertiary/aromatic N) is 2. The van der Waals surface area contributed by atoms with Gasteiger partial charge in [0.25, 0.3) is 5.91 Å². The van der Waals surface area contributed by atoms with Gasteiger partial charge in [-0.15, -0.1) is 23.1 Å². The van der Waals surface area contributed by atoms with Gasteiger partial charge in [0, 0.05) is 30.1 Å². The fourth-order valence-corrected chi connectivity index (χ4v) is 7.09. The third-order valence-electron chi connectivity index (χ3n) is 6.49. The van der Waals surface area contributed by atoms with Crippen molar-refractivity contribution in [1.29, 1.82) is 0 Å². The van der Waals surface area contributed by atoms with Gasteiger partial charge >= 0.3 is 5.97 Å². The molecule has 186 valence electrons. The zero-order valence-electron chi connectivity index (χ0n) is 20.2. The Kier molecular flexibility index (Phi) is 7.13. The SMILES string of the molecule is COC(=O)c1c(NC(=O)c2ccc([C@H]3SCC(=O)N3Cc3ccccc3)cc2)sc2c1CCN(C)C2. The number of anilines is 1. The average Bonchev–Trinajstić information content (AvgIpc) is 3.43. The molecule has 1 saturated heterocycles. The van der Waals surface area contributed by atoms with Crippen LogP contribution in [0.4, 0.5) is 5.00 Å². The Hall–Kier alpha value is -3.14. The summed E-state index contributed by atoms with van der Waals surface area (Å²) >= 11 is 3.03. The van der Waals surface area contributed by atoms with Gasteiger partial charge in [-0.25, -0.2) is 4.79 Å². The molecule has 2 aliphatic rings. The summed E-state index contributed by atoms with van der Waals surface area (Å²) in [6, 6.07) is 17.3. The van der Waals surface area contributed by atoms with Crippen LogP contribution in [-0.2, 0) is 29.0 Å². The maximum atomic E-state index is 13.1. The lowest BCUT2D eigenvalue weighted by Gasteiger charge is -2.24. The third kappa shape index (κ3) is 4.91. The Morgan fingerprint density at radius 1 is 1.11 bits per heavy atom. The molecule has 0 spiro atoms. The first-order valence-corrected chi connectivity index (χ1v) is 13.6. The molecule has 9 heteroatoms. The molecule has 3 heterocycles. The number of carbonyl (C=O) groups excluding carboxylic acids is 3. The lowest BCUT2D eigenvalue weighted by Crippen LogP contribution is -2.27. The Labute approximate surface area is 218 Å². The van der Waals surface area contributed by atoms with Gasteiger partial charge in [0.1, 0.15) is 10.4 Å². The lowest BCUT2D eigenvalue weighted by atomic mass is 10.0. The summed E-state index contributed by atoms with van der Waals surface area (Å²) in [4.78, 5) is 43.3. The van der Waals surface area contributed by atoms with Crippen molar-refractivity contribution in [3.63, 3.8) is 0 Å². The molecule has 2 amide bonds. The van der Waals surface area contributed by atoms with E-state index >= 15 is 0 Å². The molecular formula is C27H27N3O4S2. The van der Waals surface area contributed by atoms with Crippen molar-refractivity contribution in [3.8, 4) is 0 Å². The van der Waals surface area contributed by atoms with Crippen LogP contribution in [0.2, 0.25) is 0 Å². The minimum Gasteiger partial charge on any atom is -0.465 e. The van der Waals surface area contributed by atoms with Crippen LogP contribution in [-0.4, -0.2) is 54.0 Å². The van der Waals surface area contributed by atoms with Crippen LogP contribution in [0.5, 0.6) is 0 Å². The maximum Gasteiger partial charge on any atom is 0.341 e. The highest BCUT2D eigenvalue weighted by Gasteiger charge is 2.33. The van der Waals surface area contributed by atoms with E-state index in [1.807, 2.05) is 54.4 Å². The summed E-state index contributed by atoms with van der Waals surface area (Å²) in [6.07, 6.45) is 0.745. The summed E-state index contributed by atoms with van der Waals surface area (Å²) in [5.74, 6) is -0.161. The molecule has 0 unspecified atom stereocenters. The molecule has 1 fully saturated rings. The van der Waals surface area contributed by atoms with Crippen molar-refractivity contribution in [2.24, 2.45) is 0 Å². The zero-order valence-corrected chi connectivity index (χ0v) is 21.8. The number of benzene rings is 2. The highest BCUT2D eigenvalue weighted by atomic mass is 32.2. The van der Waals surface area contributed by atoms with E-state index in [-0.39, 0.29) is 17.2 Å². The number of fused-ring (bicyclic) bond motifs is 1. The van der Waals surface area contributed by atoms with Crippen LogP contribution < -0.4 is 5.32 Å². The molecule has 0 aliphatic carbocycles. The molecule has 2 aliphatic heterocycles. The molecular weight excluding hydrogens is 494 g/mol. The van der Waals surface area contributed by atoms with E-state index in [1.165, 1.54) is 18.4 Å². The van der Waals surface area contributed by atoms with Gasteiger partial charge in [-0.05, 0) is 42.3 Å². The lowest BCUT2D eigenvalue weighted by molar-refractivity contribution is -0.128. The zero-order chi connectivity index (χ0) is 25.2. The van der Waals surface area contributed by atoms with E-state index in [0.29, 0.717) is 28.4 Å². The average molecular weight is 522 g/mol. The number of nitrogens with one attached hydrogen (secondary N) is 1. The number of thioether (sulfide) groups is 1. The van der Waals surface area contributed by atoms with Crippen molar-refractivity contribution in [2.45, 2.75) is 24.9 Å². The van der Waals surface area contributed by atoms with E-state index in [4.69, 9.17) is 4.74 Å². The first-order chi connectivity index (χ1) is 17.4. The number of esters is 1. The van der Waals surface area contributed by atoms with Gasteiger partial charge in [0.05, 0.1) is 18.4 Å². The number of hydrogen-bond donors (Lipinski definition) is 1. The molecule has 7 nitrogen and oxygen atoms in total. The van der Waals surface area contributed by atoms with Crippen molar-refractivity contribution in [2.75, 3.05) is 31.8 Å². The monoisotopic (exact) mass is 521 g/mol. The number of carbonyl (C=O) groups is 3. The Balaban J connectivity index is 1.33. The molecule has 2 aromatic carbocycles. The predicted molar refractivity (Wildman–Crippen MR) is 142 cm³/mol. The summed E-state index contributed by atoms with van der Waals surface area (Å²) in [5, 5.41) is 3.38. The number of ether oxygens (including phenoxy) is 1. The van der Waals surface area contributed by atoms with Gasteiger partial charge in [-0.2, -0.15) is 0 Å². The molecule has 5 rings (SSSR count). The van der Waals surface area contributed by atoms with Crippen molar-refractivity contribution in [1.82, 2.24) is 9.80 Å². The second-order valence-electron chi connectivity index (χ2n) is 8.93. The summed E-state index contributed by atoms with van der Waals surface area (Å²) in [5.41, 5.74) is 3.98. The number of likely N-dealkylation sites (N-methyl/N-ethyl adjacent to an activating group) is 1. The molecule has 1 aromatic heterocycles. The maximum absolute atomic E-state index is 13.1. The fraction of sp³-hybridized carbons (Fsp3) is 0.296. The third-order valence-corrected chi connectivity index (χ3v) is 8.87. The predicted octanol–water partition coefficient (Wildman–Crippen LogP) is 4.55. The smallest absolute Gasteiger partial charge is 0.341 e. The van der Waals surface area contributed by atoms with Crippen molar-refractivity contribution < 1.29 is 19.1 Å². The van der Waals surface area contributed by atoms with E-state index < -0.39 is 5.97 Å². The molecule has 3 aromatic rings. The Morgan fingerprint density at radius 2 is 1.86 bits per heavy atom. The van der Waals surface area contributed by atoms with E-state index in [9.17, 15) is 14.4 Å². The molecule has 1 N–H and O–H groups in total. The number of thiophene rings is 1. The van der Waals surface area contributed by atoms with Gasteiger partial charge in [0.15, 0.2) is 0 Å². The number of hydrogen-bond acceptors (Lipinski definition) is 7. The molecule has 0 radical (unpaired) electrons. The second kappa shape index (κ2) is 10.5. The van der Waals surface area contributed by atoms with E-state index in [0.717, 1.165) is 41.1 Å². The van der Waals surface area contributed by atoms with Crippen LogP contribution in [0.1, 0.15) is 47.7 Å². The quantitative estimate of drug-likeness (QED) is 0.480. The largest absolute Gasteiger partial charge is 0.465 e. The van der Waals surface area contributed by atoms with Gasteiger partial charge < -0.3 is 19.9 Å². The van der Waals surface area contributed by atoms with Crippen LogP contribution in [0, 0.1) is 0 Å². The van der Waals surface area contributed by atoms with E-state index in [1.54, 1.807) is 23.9 Å². The van der Waals surface area contributed by atoms with Crippen molar-refractivity contribution >= 4 is 45.9 Å². The number of methoxy groups -OCH3 is 1. The second-order valence-corrected chi connectivity index (χ2v) is 11.1. The van der Waals surface area contributed by atoms with Crippen LogP contribution >= 0.6 is 23.1 Å². The highest BCUT2D eigenvalue weighted by molar-refractivity contribution is 8.00. The molecule has 0 saturated carbocycles. The Bertz CT molecular complexity index is 1290. The first-order valence-electron chi connectivity index (χ1n) is 11.7. The van der Waals surface area contributed by atoms with Crippen LogP contribution in [0.25, 0.3) is 0 Å². The number of rotatable bonds is 6. The van der Waals surface area contributed by atoms with Gasteiger partial charge in [-0.3, -0.25) is 9.59 Å². The Morgan fingerprint density at radius 3 is 2.58 bits per heavy atom. The minimum atomic E-state index is -0.427. The fourth-order valence-electron chi connectivity index (χ4n) is 4.59. The normalized spacial score (nSPS) is 17.7. The summed E-state index contributed by atoms with van der Waals surface area (Å²) < 4.78 is 5.02. The topological polar surface area (TPSA) is 78.9 Å². The number of amides is 2. The van der Waals surface area contributed by atoms with Crippen LogP contribution in [0.15, 0.2) is 54.6 Å². The summed E-state index contributed by atoms with van der Waals surface area (Å²) in [6.45, 7) is 2.14. The standard InChI is InChI=1S/C27H27N3O4S2/c1-29-13-12-20-21(15-29)36-25(23(20)27(33)34-2)28-24(32)18-8-10-19(11-9-18)26-30(22(31)16-35-26)14-17-6-4-3-5-7-17/h3-11,26H,12-16H2,1-2H3,(H,28,32)/t26-/m1/s1. The van der Waals surface area contributed by atoms with Gasteiger partial charge in [-0.1, -0.05) is 42.5 Å². The molecule has 1 atom stereocenters. The molecule has 36 heavy (non-hydrogen) atoms. The minimum absolute atomic E-state index is 0.0956. The van der Waals surface area contributed by atoms with E-state index in [2.05, 4.69) is 10.2 Å². The first kappa shape index (κ1) is 24.5. The summed E-state index contributed by atoms with van der Waals surface area (Å²) in [7, 11) is 3.40.